The lowest BCUT2D eigenvalue weighted by Crippen LogP contribution is -2.35. The molecule has 1 aliphatic carbocycles. The Balaban J connectivity index is 1.53. The standard InChI is InChI=1S/C21H19NO6S/c23-19(22-14-5-1-2-6-14)12-28-21(25)13-9-10-16-18(11-13)29(26,27)17-8-4-3-7-15(17)20(16)24/h3-4,7-11,14H,1-2,5-6,12H2,(H,22,23). The molecule has 1 aliphatic heterocycles. The van der Waals surface area contributed by atoms with Crippen LogP contribution in [0.4, 0.5) is 0 Å². The van der Waals surface area contributed by atoms with Gasteiger partial charge in [-0.25, -0.2) is 13.2 Å². The van der Waals surface area contributed by atoms with Crippen LogP contribution in [0, 0.1) is 0 Å². The zero-order chi connectivity index (χ0) is 20.6. The Morgan fingerprint density at radius 3 is 2.45 bits per heavy atom. The number of amides is 1. The van der Waals surface area contributed by atoms with E-state index >= 15 is 0 Å². The number of carbonyl (C=O) groups excluding carboxylic acids is 3. The molecule has 7 nitrogen and oxygen atoms in total. The van der Waals surface area contributed by atoms with E-state index in [4.69, 9.17) is 4.74 Å². The number of nitrogens with one attached hydrogen (secondary N) is 1. The molecule has 2 aliphatic rings. The van der Waals surface area contributed by atoms with E-state index in [2.05, 4.69) is 5.32 Å². The summed E-state index contributed by atoms with van der Waals surface area (Å²) in [6.45, 7) is -0.444. The van der Waals surface area contributed by atoms with Crippen LogP contribution in [0.2, 0.25) is 0 Å². The van der Waals surface area contributed by atoms with Crippen molar-refractivity contribution in [3.8, 4) is 0 Å². The highest BCUT2D eigenvalue weighted by atomic mass is 32.2. The van der Waals surface area contributed by atoms with Crippen molar-refractivity contribution < 1.29 is 27.5 Å². The van der Waals surface area contributed by atoms with E-state index in [0.29, 0.717) is 0 Å². The molecule has 1 N–H and O–H groups in total. The summed E-state index contributed by atoms with van der Waals surface area (Å²) in [6, 6.07) is 9.84. The fourth-order valence-electron chi connectivity index (χ4n) is 3.77. The van der Waals surface area contributed by atoms with Crippen molar-refractivity contribution in [2.75, 3.05) is 6.61 Å². The first-order chi connectivity index (χ1) is 13.9. The molecule has 29 heavy (non-hydrogen) atoms. The van der Waals surface area contributed by atoms with E-state index in [1.54, 1.807) is 6.07 Å². The quantitative estimate of drug-likeness (QED) is 0.658. The van der Waals surface area contributed by atoms with E-state index < -0.39 is 28.2 Å². The summed E-state index contributed by atoms with van der Waals surface area (Å²) in [6.07, 6.45) is 3.96. The second-order valence-electron chi connectivity index (χ2n) is 7.16. The summed E-state index contributed by atoms with van der Waals surface area (Å²) in [5, 5.41) is 2.81. The van der Waals surface area contributed by atoms with E-state index in [1.807, 2.05) is 0 Å². The second-order valence-corrected chi connectivity index (χ2v) is 9.05. The molecule has 0 bridgehead atoms. The molecule has 0 atom stereocenters. The van der Waals surface area contributed by atoms with Gasteiger partial charge in [0.15, 0.2) is 12.4 Å². The lowest BCUT2D eigenvalue weighted by atomic mass is 10.0. The predicted molar refractivity (Wildman–Crippen MR) is 102 cm³/mol. The van der Waals surface area contributed by atoms with Gasteiger partial charge in [-0.3, -0.25) is 9.59 Å². The van der Waals surface area contributed by atoms with Crippen LogP contribution in [0.1, 0.15) is 52.0 Å². The van der Waals surface area contributed by atoms with Crippen molar-refractivity contribution in [1.29, 1.82) is 0 Å². The number of benzene rings is 2. The molecule has 0 radical (unpaired) electrons. The highest BCUT2D eigenvalue weighted by Gasteiger charge is 2.35. The SMILES string of the molecule is O=C(COC(=O)c1ccc2c(c1)S(=O)(=O)c1ccccc1C2=O)NC1CCCC1. The number of rotatable bonds is 4. The van der Waals surface area contributed by atoms with Gasteiger partial charge in [-0.1, -0.05) is 25.0 Å². The summed E-state index contributed by atoms with van der Waals surface area (Å²) in [7, 11) is -3.95. The van der Waals surface area contributed by atoms with Gasteiger partial charge in [0, 0.05) is 17.2 Å². The molecular weight excluding hydrogens is 394 g/mol. The molecule has 1 amide bonds. The average Bonchev–Trinajstić information content (AvgIpc) is 3.23. The molecule has 1 heterocycles. The maximum Gasteiger partial charge on any atom is 0.338 e. The largest absolute Gasteiger partial charge is 0.452 e. The first kappa shape index (κ1) is 19.3. The van der Waals surface area contributed by atoms with Gasteiger partial charge in [0.1, 0.15) is 0 Å². The van der Waals surface area contributed by atoms with E-state index in [1.165, 1.54) is 30.3 Å². The summed E-state index contributed by atoms with van der Waals surface area (Å²) in [5.74, 6) is -1.63. The number of ether oxygens (including phenoxy) is 1. The molecule has 1 fully saturated rings. The molecule has 0 aromatic heterocycles. The number of ketones is 1. The summed E-state index contributed by atoms with van der Waals surface area (Å²) in [4.78, 5) is 36.6. The van der Waals surface area contributed by atoms with E-state index in [9.17, 15) is 22.8 Å². The number of hydrogen-bond donors (Lipinski definition) is 1. The molecule has 8 heteroatoms. The van der Waals surface area contributed by atoms with Gasteiger partial charge in [0.05, 0.1) is 15.4 Å². The molecule has 0 unspecified atom stereocenters. The first-order valence-corrected chi connectivity index (χ1v) is 10.9. The van der Waals surface area contributed by atoms with Crippen molar-refractivity contribution in [3.05, 3.63) is 59.2 Å². The zero-order valence-corrected chi connectivity index (χ0v) is 16.3. The Morgan fingerprint density at radius 2 is 1.69 bits per heavy atom. The van der Waals surface area contributed by atoms with E-state index in [-0.39, 0.29) is 38.4 Å². The minimum Gasteiger partial charge on any atom is -0.452 e. The van der Waals surface area contributed by atoms with Crippen LogP contribution in [0.3, 0.4) is 0 Å². The number of sulfone groups is 1. The number of hydrogen-bond acceptors (Lipinski definition) is 6. The van der Waals surface area contributed by atoms with Crippen LogP contribution in [0.25, 0.3) is 0 Å². The van der Waals surface area contributed by atoms with Crippen molar-refractivity contribution >= 4 is 27.5 Å². The topological polar surface area (TPSA) is 107 Å². The smallest absolute Gasteiger partial charge is 0.338 e. The van der Waals surface area contributed by atoms with Crippen molar-refractivity contribution in [2.45, 2.75) is 41.5 Å². The summed E-state index contributed by atoms with van der Waals surface area (Å²) in [5.41, 5.74) is 0.0892. The highest BCUT2D eigenvalue weighted by molar-refractivity contribution is 7.91. The van der Waals surface area contributed by atoms with Gasteiger partial charge in [-0.2, -0.15) is 0 Å². The predicted octanol–water partition coefficient (Wildman–Crippen LogP) is 2.28. The molecule has 0 spiro atoms. The van der Waals surface area contributed by atoms with Gasteiger partial charge in [-0.05, 0) is 43.2 Å². The fourth-order valence-corrected chi connectivity index (χ4v) is 5.44. The zero-order valence-electron chi connectivity index (χ0n) is 15.5. The van der Waals surface area contributed by atoms with Crippen LogP contribution in [-0.2, 0) is 19.4 Å². The van der Waals surface area contributed by atoms with Gasteiger partial charge in [-0.15, -0.1) is 0 Å². The summed E-state index contributed by atoms with van der Waals surface area (Å²) < 4.78 is 30.8. The number of carbonyl (C=O) groups is 3. The van der Waals surface area contributed by atoms with Crippen molar-refractivity contribution in [1.82, 2.24) is 5.32 Å². The normalized spacial score (nSPS) is 17.3. The maximum absolute atomic E-state index is 12.9. The molecule has 1 saturated carbocycles. The van der Waals surface area contributed by atoms with E-state index in [0.717, 1.165) is 31.7 Å². The van der Waals surface area contributed by atoms with Gasteiger partial charge >= 0.3 is 5.97 Å². The Labute approximate surface area is 168 Å². The number of fused-ring (bicyclic) bond motifs is 2. The fraction of sp³-hybridized carbons (Fsp3) is 0.286. The molecular formula is C21H19NO6S. The van der Waals surface area contributed by atoms with Gasteiger partial charge in [0.2, 0.25) is 9.84 Å². The minimum absolute atomic E-state index is 0.0132. The van der Waals surface area contributed by atoms with Crippen LogP contribution >= 0.6 is 0 Å². The lowest BCUT2D eigenvalue weighted by Gasteiger charge is -2.19. The van der Waals surface area contributed by atoms with Crippen LogP contribution in [0.5, 0.6) is 0 Å². The highest BCUT2D eigenvalue weighted by Crippen LogP contribution is 2.34. The molecule has 2 aromatic rings. The van der Waals surface area contributed by atoms with Crippen LogP contribution in [-0.4, -0.2) is 38.7 Å². The Hall–Kier alpha value is -3.00. The molecule has 4 rings (SSSR count). The Bertz CT molecular complexity index is 1120. The van der Waals surface area contributed by atoms with Crippen LogP contribution < -0.4 is 5.32 Å². The number of esters is 1. The van der Waals surface area contributed by atoms with Gasteiger partial charge < -0.3 is 10.1 Å². The lowest BCUT2D eigenvalue weighted by molar-refractivity contribution is -0.124. The van der Waals surface area contributed by atoms with Gasteiger partial charge in [0.25, 0.3) is 5.91 Å². The second kappa shape index (κ2) is 7.44. The Morgan fingerprint density at radius 1 is 1.00 bits per heavy atom. The monoisotopic (exact) mass is 413 g/mol. The Kier molecular flexibility index (Phi) is 4.96. The third-order valence-corrected chi connectivity index (χ3v) is 7.08. The van der Waals surface area contributed by atoms with Crippen molar-refractivity contribution in [3.63, 3.8) is 0 Å². The molecule has 150 valence electrons. The first-order valence-electron chi connectivity index (χ1n) is 9.37. The third-order valence-electron chi connectivity index (χ3n) is 5.23. The average molecular weight is 413 g/mol. The molecule has 0 saturated heterocycles. The third kappa shape index (κ3) is 3.55. The molecule has 2 aromatic carbocycles. The minimum atomic E-state index is -3.95. The van der Waals surface area contributed by atoms with Crippen LogP contribution in [0.15, 0.2) is 52.3 Å². The summed E-state index contributed by atoms with van der Waals surface area (Å²) >= 11 is 0. The van der Waals surface area contributed by atoms with Crippen molar-refractivity contribution in [2.24, 2.45) is 0 Å². The maximum atomic E-state index is 12.9.